The Bertz CT molecular complexity index is 694. The van der Waals surface area contributed by atoms with Crippen molar-refractivity contribution in [3.05, 3.63) is 35.4 Å². The summed E-state index contributed by atoms with van der Waals surface area (Å²) in [5, 5.41) is 0. The van der Waals surface area contributed by atoms with Crippen molar-refractivity contribution >= 4 is 15.7 Å². The summed E-state index contributed by atoms with van der Waals surface area (Å²) in [5.41, 5.74) is 2.73. The molecule has 1 atom stereocenters. The minimum absolute atomic E-state index is 0.194. The molecule has 2 aliphatic rings. The zero-order chi connectivity index (χ0) is 17.2. The van der Waals surface area contributed by atoms with E-state index in [2.05, 4.69) is 29.2 Å². The van der Waals surface area contributed by atoms with E-state index in [1.54, 1.807) is 0 Å². The van der Waals surface area contributed by atoms with Gasteiger partial charge in [-0.2, -0.15) is 0 Å². The highest BCUT2D eigenvalue weighted by molar-refractivity contribution is 7.90. The number of hydrogen-bond acceptors (Lipinski definition) is 4. The first-order valence-corrected chi connectivity index (χ1v) is 10.7. The molecule has 1 amide bonds. The van der Waals surface area contributed by atoms with Gasteiger partial charge in [0, 0.05) is 45.4 Å². The number of rotatable bonds is 5. The second kappa shape index (κ2) is 7.23. The van der Waals surface area contributed by atoms with E-state index < -0.39 is 9.84 Å². The molecule has 1 saturated heterocycles. The lowest BCUT2D eigenvalue weighted by molar-refractivity contribution is -0.133. The molecule has 0 radical (unpaired) electrons. The standard InChI is InChI=1S/C18H26N2O3S/c1-24(22,23)13-12-19-8-10-20(11-9-19)18(21)14-16-7-6-15-4-2-3-5-17(15)16/h2-5,16H,6-14H2,1H3. The Labute approximate surface area is 144 Å². The van der Waals surface area contributed by atoms with Gasteiger partial charge in [-0.25, -0.2) is 8.42 Å². The first-order valence-electron chi connectivity index (χ1n) is 8.68. The minimum Gasteiger partial charge on any atom is -0.340 e. The summed E-state index contributed by atoms with van der Waals surface area (Å²) in [5.74, 6) is 0.788. The molecule has 1 fully saturated rings. The second-order valence-corrected chi connectivity index (χ2v) is 9.25. The largest absolute Gasteiger partial charge is 0.340 e. The van der Waals surface area contributed by atoms with Crippen molar-refractivity contribution in [2.45, 2.75) is 25.2 Å². The third-order valence-electron chi connectivity index (χ3n) is 5.18. The van der Waals surface area contributed by atoms with Gasteiger partial charge in [0.25, 0.3) is 0 Å². The molecule has 3 rings (SSSR count). The number of nitrogens with zero attached hydrogens (tertiary/aromatic N) is 2. The normalized spacial score (nSPS) is 21.7. The van der Waals surface area contributed by atoms with Crippen molar-refractivity contribution in [2.75, 3.05) is 44.7 Å². The highest BCUT2D eigenvalue weighted by Gasteiger charge is 2.28. The van der Waals surface area contributed by atoms with Gasteiger partial charge in [-0.3, -0.25) is 9.69 Å². The summed E-state index contributed by atoms with van der Waals surface area (Å²) in [6.07, 6.45) is 4.01. The van der Waals surface area contributed by atoms with E-state index in [1.807, 2.05) is 4.90 Å². The van der Waals surface area contributed by atoms with Crippen molar-refractivity contribution in [1.29, 1.82) is 0 Å². The van der Waals surface area contributed by atoms with Crippen LogP contribution in [0.4, 0.5) is 0 Å². The number of carbonyl (C=O) groups excluding carboxylic acids is 1. The van der Waals surface area contributed by atoms with Gasteiger partial charge in [-0.05, 0) is 29.9 Å². The fourth-order valence-electron chi connectivity index (χ4n) is 3.71. The molecule has 132 valence electrons. The molecule has 6 heteroatoms. The first kappa shape index (κ1) is 17.4. The highest BCUT2D eigenvalue weighted by atomic mass is 32.2. The summed E-state index contributed by atoms with van der Waals surface area (Å²) in [4.78, 5) is 16.7. The average Bonchev–Trinajstić information content (AvgIpc) is 2.96. The number of aryl methyl sites for hydroxylation is 1. The minimum atomic E-state index is -2.92. The van der Waals surface area contributed by atoms with Crippen molar-refractivity contribution in [3.8, 4) is 0 Å². The van der Waals surface area contributed by atoms with E-state index >= 15 is 0 Å². The lowest BCUT2D eigenvalue weighted by atomic mass is 9.97. The van der Waals surface area contributed by atoms with Crippen LogP contribution in [0.15, 0.2) is 24.3 Å². The van der Waals surface area contributed by atoms with Crippen LogP contribution in [0.5, 0.6) is 0 Å². The molecule has 0 saturated carbocycles. The monoisotopic (exact) mass is 350 g/mol. The topological polar surface area (TPSA) is 57.7 Å². The van der Waals surface area contributed by atoms with E-state index in [1.165, 1.54) is 17.4 Å². The number of piperazine rings is 1. The molecule has 1 aliphatic carbocycles. The molecule has 5 nitrogen and oxygen atoms in total. The molecular formula is C18H26N2O3S. The average molecular weight is 350 g/mol. The number of sulfone groups is 1. The van der Waals surface area contributed by atoms with Gasteiger partial charge in [0.1, 0.15) is 9.84 Å². The number of benzene rings is 1. The molecular weight excluding hydrogens is 324 g/mol. The van der Waals surface area contributed by atoms with Crippen molar-refractivity contribution in [2.24, 2.45) is 0 Å². The molecule has 0 N–H and O–H groups in total. The van der Waals surface area contributed by atoms with Gasteiger partial charge in [0.15, 0.2) is 0 Å². The molecule has 1 aromatic carbocycles. The van der Waals surface area contributed by atoms with Crippen LogP contribution in [0.3, 0.4) is 0 Å². The van der Waals surface area contributed by atoms with Gasteiger partial charge in [0.05, 0.1) is 5.75 Å². The van der Waals surface area contributed by atoms with Gasteiger partial charge in [-0.1, -0.05) is 24.3 Å². The second-order valence-electron chi connectivity index (χ2n) is 6.99. The van der Waals surface area contributed by atoms with Crippen LogP contribution in [-0.4, -0.2) is 68.9 Å². The number of carbonyl (C=O) groups is 1. The molecule has 1 aromatic rings. The summed E-state index contributed by atoms with van der Waals surface area (Å²) in [6.45, 7) is 3.51. The molecule has 1 heterocycles. The molecule has 0 bridgehead atoms. The van der Waals surface area contributed by atoms with E-state index in [0.29, 0.717) is 32.0 Å². The predicted octanol–water partition coefficient (Wildman–Crippen LogP) is 1.30. The van der Waals surface area contributed by atoms with Gasteiger partial charge in [0.2, 0.25) is 5.91 Å². The Morgan fingerprint density at radius 2 is 1.88 bits per heavy atom. The van der Waals surface area contributed by atoms with Crippen LogP contribution in [0.25, 0.3) is 0 Å². The smallest absolute Gasteiger partial charge is 0.223 e. The van der Waals surface area contributed by atoms with Crippen LogP contribution in [0, 0.1) is 0 Å². The molecule has 0 spiro atoms. The Morgan fingerprint density at radius 3 is 2.58 bits per heavy atom. The van der Waals surface area contributed by atoms with Gasteiger partial charge < -0.3 is 4.90 Å². The summed E-state index contributed by atoms with van der Waals surface area (Å²) >= 11 is 0. The van der Waals surface area contributed by atoms with E-state index in [0.717, 1.165) is 25.9 Å². The highest BCUT2D eigenvalue weighted by Crippen LogP contribution is 2.35. The fraction of sp³-hybridized carbons (Fsp3) is 0.611. The van der Waals surface area contributed by atoms with E-state index in [9.17, 15) is 13.2 Å². The predicted molar refractivity (Wildman–Crippen MR) is 94.9 cm³/mol. The summed E-state index contributed by atoms with van der Waals surface area (Å²) in [7, 11) is -2.92. The Hall–Kier alpha value is -1.40. The maximum Gasteiger partial charge on any atom is 0.223 e. The van der Waals surface area contributed by atoms with Crippen molar-refractivity contribution in [3.63, 3.8) is 0 Å². The lowest BCUT2D eigenvalue weighted by Gasteiger charge is -2.35. The van der Waals surface area contributed by atoms with Crippen LogP contribution in [0.1, 0.15) is 29.9 Å². The Kier molecular flexibility index (Phi) is 5.25. The van der Waals surface area contributed by atoms with Crippen molar-refractivity contribution < 1.29 is 13.2 Å². The number of amides is 1. The quantitative estimate of drug-likeness (QED) is 0.803. The molecule has 0 aromatic heterocycles. The zero-order valence-electron chi connectivity index (χ0n) is 14.3. The molecule has 1 aliphatic heterocycles. The van der Waals surface area contributed by atoms with E-state index in [-0.39, 0.29) is 11.7 Å². The van der Waals surface area contributed by atoms with Crippen LogP contribution in [-0.2, 0) is 21.1 Å². The Balaban J connectivity index is 1.48. The number of fused-ring (bicyclic) bond motifs is 1. The molecule has 1 unspecified atom stereocenters. The Morgan fingerprint density at radius 1 is 1.17 bits per heavy atom. The fourth-order valence-corrected chi connectivity index (χ4v) is 4.30. The van der Waals surface area contributed by atoms with Crippen LogP contribution in [0.2, 0.25) is 0 Å². The first-order chi connectivity index (χ1) is 11.4. The summed E-state index contributed by atoms with van der Waals surface area (Å²) < 4.78 is 22.5. The summed E-state index contributed by atoms with van der Waals surface area (Å²) in [6, 6.07) is 8.45. The SMILES string of the molecule is CS(=O)(=O)CCN1CCN(C(=O)CC2CCc3ccccc32)CC1. The van der Waals surface area contributed by atoms with Gasteiger partial charge in [-0.15, -0.1) is 0 Å². The van der Waals surface area contributed by atoms with E-state index in [4.69, 9.17) is 0 Å². The lowest BCUT2D eigenvalue weighted by Crippen LogP contribution is -2.49. The molecule has 24 heavy (non-hydrogen) atoms. The maximum absolute atomic E-state index is 12.6. The number of hydrogen-bond donors (Lipinski definition) is 0. The third-order valence-corrected chi connectivity index (χ3v) is 6.11. The van der Waals surface area contributed by atoms with Crippen molar-refractivity contribution in [1.82, 2.24) is 9.80 Å². The van der Waals surface area contributed by atoms with Gasteiger partial charge >= 0.3 is 0 Å². The van der Waals surface area contributed by atoms with Crippen LogP contribution < -0.4 is 0 Å². The maximum atomic E-state index is 12.6. The zero-order valence-corrected chi connectivity index (χ0v) is 15.1. The van der Waals surface area contributed by atoms with Crippen LogP contribution >= 0.6 is 0 Å². The third kappa shape index (κ3) is 4.36.